The molecular formula is C12H15F2N. The van der Waals surface area contributed by atoms with E-state index < -0.39 is 11.6 Å². The van der Waals surface area contributed by atoms with Gasteiger partial charge < -0.3 is 5.32 Å². The van der Waals surface area contributed by atoms with Gasteiger partial charge in [-0.2, -0.15) is 0 Å². The van der Waals surface area contributed by atoms with Crippen LogP contribution in [0.2, 0.25) is 0 Å². The molecule has 3 heteroatoms. The van der Waals surface area contributed by atoms with E-state index in [4.69, 9.17) is 0 Å². The van der Waals surface area contributed by atoms with Gasteiger partial charge in [0, 0.05) is 17.7 Å². The summed E-state index contributed by atoms with van der Waals surface area (Å²) in [5.41, 5.74) is 0.586. The predicted molar refractivity (Wildman–Crippen MR) is 55.5 cm³/mol. The van der Waals surface area contributed by atoms with Crippen LogP contribution in [0.25, 0.3) is 0 Å². The van der Waals surface area contributed by atoms with Crippen LogP contribution in [0.4, 0.5) is 8.78 Å². The van der Waals surface area contributed by atoms with Crippen molar-refractivity contribution in [3.8, 4) is 0 Å². The summed E-state index contributed by atoms with van der Waals surface area (Å²) in [5.74, 6) is -0.359. The molecule has 1 nitrogen and oxygen atoms in total. The second-order valence-corrected chi connectivity index (χ2v) is 4.30. The fraction of sp³-hybridized carbons (Fsp3) is 0.500. The highest BCUT2D eigenvalue weighted by atomic mass is 19.1. The number of hydrogen-bond donors (Lipinski definition) is 1. The molecule has 0 bridgehead atoms. The van der Waals surface area contributed by atoms with Crippen LogP contribution in [0.15, 0.2) is 18.2 Å². The second-order valence-electron chi connectivity index (χ2n) is 4.30. The van der Waals surface area contributed by atoms with Gasteiger partial charge in [0.05, 0.1) is 0 Å². The number of hydrogen-bond acceptors (Lipinski definition) is 1. The van der Waals surface area contributed by atoms with Gasteiger partial charge in [0.25, 0.3) is 0 Å². The molecule has 1 aromatic carbocycles. The first-order valence-corrected chi connectivity index (χ1v) is 5.35. The van der Waals surface area contributed by atoms with Crippen LogP contribution >= 0.6 is 0 Å². The minimum atomic E-state index is -0.514. The third kappa shape index (κ3) is 2.34. The van der Waals surface area contributed by atoms with Gasteiger partial charge in [0.15, 0.2) is 0 Å². The normalized spacial score (nSPS) is 26.6. The Hall–Kier alpha value is -0.960. The first-order chi connectivity index (χ1) is 7.16. The summed E-state index contributed by atoms with van der Waals surface area (Å²) >= 11 is 0. The number of benzene rings is 1. The van der Waals surface area contributed by atoms with Crippen molar-refractivity contribution < 1.29 is 8.78 Å². The molecule has 1 N–H and O–H groups in total. The van der Waals surface area contributed by atoms with Gasteiger partial charge in [-0.15, -0.1) is 0 Å². The largest absolute Gasteiger partial charge is 0.310 e. The predicted octanol–water partition coefficient (Wildman–Crippen LogP) is 3.03. The third-order valence-corrected chi connectivity index (χ3v) is 3.00. The Bertz CT molecular complexity index is 351. The molecule has 82 valence electrons. The van der Waals surface area contributed by atoms with Gasteiger partial charge in [-0.05, 0) is 31.4 Å². The van der Waals surface area contributed by atoms with Crippen LogP contribution < -0.4 is 5.32 Å². The molecule has 1 fully saturated rings. The highest BCUT2D eigenvalue weighted by molar-refractivity contribution is 5.22. The van der Waals surface area contributed by atoms with Crippen LogP contribution in [0.5, 0.6) is 0 Å². The van der Waals surface area contributed by atoms with Gasteiger partial charge in [0.1, 0.15) is 11.6 Å². The van der Waals surface area contributed by atoms with Crippen molar-refractivity contribution >= 4 is 0 Å². The summed E-state index contributed by atoms with van der Waals surface area (Å²) in [5, 5.41) is 3.26. The zero-order valence-electron chi connectivity index (χ0n) is 8.76. The maximum Gasteiger partial charge on any atom is 0.130 e. The first kappa shape index (κ1) is 10.6. The van der Waals surface area contributed by atoms with Crippen molar-refractivity contribution in [2.24, 2.45) is 5.92 Å². The Morgan fingerprint density at radius 3 is 2.80 bits per heavy atom. The van der Waals surface area contributed by atoms with Crippen LogP contribution in [-0.4, -0.2) is 6.54 Å². The summed E-state index contributed by atoms with van der Waals surface area (Å²) in [7, 11) is 0. The van der Waals surface area contributed by atoms with Crippen LogP contribution in [0.3, 0.4) is 0 Å². The minimum Gasteiger partial charge on any atom is -0.310 e. The summed E-state index contributed by atoms with van der Waals surface area (Å²) in [6.45, 7) is 3.07. The number of rotatable bonds is 1. The van der Waals surface area contributed by atoms with Gasteiger partial charge in [-0.25, -0.2) is 8.78 Å². The minimum absolute atomic E-state index is 0.0364. The highest BCUT2D eigenvalue weighted by Crippen LogP contribution is 2.28. The molecule has 0 radical (unpaired) electrons. The number of nitrogens with one attached hydrogen (secondary N) is 1. The molecular weight excluding hydrogens is 196 g/mol. The van der Waals surface area contributed by atoms with Crippen molar-refractivity contribution in [2.75, 3.05) is 6.54 Å². The lowest BCUT2D eigenvalue weighted by molar-refractivity contribution is 0.319. The van der Waals surface area contributed by atoms with Crippen LogP contribution in [0.1, 0.15) is 31.4 Å². The second kappa shape index (κ2) is 4.27. The first-order valence-electron chi connectivity index (χ1n) is 5.35. The SMILES string of the molecule is CC1CCNC(c2ccc(F)cc2F)C1. The lowest BCUT2D eigenvalue weighted by atomic mass is 9.90. The smallest absolute Gasteiger partial charge is 0.130 e. The zero-order valence-corrected chi connectivity index (χ0v) is 8.76. The third-order valence-electron chi connectivity index (χ3n) is 3.00. The Kier molecular flexibility index (Phi) is 3.00. The van der Waals surface area contributed by atoms with Crippen molar-refractivity contribution in [1.82, 2.24) is 5.32 Å². The van der Waals surface area contributed by atoms with E-state index >= 15 is 0 Å². The molecule has 1 aromatic rings. The van der Waals surface area contributed by atoms with Crippen molar-refractivity contribution in [1.29, 1.82) is 0 Å². The Balaban J connectivity index is 2.21. The molecule has 0 aromatic heterocycles. The highest BCUT2D eigenvalue weighted by Gasteiger charge is 2.22. The lowest BCUT2D eigenvalue weighted by Gasteiger charge is -2.28. The number of halogens is 2. The molecule has 1 heterocycles. The molecule has 1 aliphatic rings. The van der Waals surface area contributed by atoms with Crippen molar-refractivity contribution in [3.63, 3.8) is 0 Å². The quantitative estimate of drug-likeness (QED) is 0.753. The zero-order chi connectivity index (χ0) is 10.8. The summed E-state index contributed by atoms with van der Waals surface area (Å²) in [6.07, 6.45) is 2.04. The van der Waals surface area contributed by atoms with Gasteiger partial charge in [0.2, 0.25) is 0 Å². The Labute approximate surface area is 88.5 Å². The van der Waals surface area contributed by atoms with Crippen molar-refractivity contribution in [3.05, 3.63) is 35.4 Å². The van der Waals surface area contributed by atoms with Gasteiger partial charge in [-0.3, -0.25) is 0 Å². The molecule has 0 aliphatic carbocycles. The Morgan fingerprint density at radius 1 is 1.33 bits per heavy atom. The maximum atomic E-state index is 13.5. The standard InChI is InChI=1S/C12H15F2N/c1-8-4-5-15-12(6-8)10-3-2-9(13)7-11(10)14/h2-3,7-8,12,15H,4-6H2,1H3. The average Bonchev–Trinajstić information content (AvgIpc) is 2.17. The molecule has 1 saturated heterocycles. The monoisotopic (exact) mass is 211 g/mol. The van der Waals surface area contributed by atoms with E-state index in [9.17, 15) is 8.78 Å². The fourth-order valence-corrected chi connectivity index (χ4v) is 2.13. The van der Waals surface area contributed by atoms with E-state index in [-0.39, 0.29) is 6.04 Å². The van der Waals surface area contributed by atoms with Gasteiger partial charge in [-0.1, -0.05) is 13.0 Å². The van der Waals surface area contributed by atoms with Crippen molar-refractivity contribution in [2.45, 2.75) is 25.8 Å². The van der Waals surface area contributed by atoms with E-state index in [0.29, 0.717) is 11.5 Å². The summed E-state index contributed by atoms with van der Waals surface area (Å²) in [6, 6.07) is 3.85. The fourth-order valence-electron chi connectivity index (χ4n) is 2.13. The summed E-state index contributed by atoms with van der Waals surface area (Å²) in [4.78, 5) is 0. The van der Waals surface area contributed by atoms with Gasteiger partial charge >= 0.3 is 0 Å². The van der Waals surface area contributed by atoms with E-state index in [1.54, 1.807) is 6.07 Å². The average molecular weight is 211 g/mol. The van der Waals surface area contributed by atoms with Crippen LogP contribution in [-0.2, 0) is 0 Å². The van der Waals surface area contributed by atoms with E-state index in [2.05, 4.69) is 12.2 Å². The lowest BCUT2D eigenvalue weighted by Crippen LogP contribution is -2.31. The van der Waals surface area contributed by atoms with E-state index in [0.717, 1.165) is 25.5 Å². The summed E-state index contributed by atoms with van der Waals surface area (Å²) < 4.78 is 26.2. The molecule has 0 spiro atoms. The molecule has 2 atom stereocenters. The molecule has 2 unspecified atom stereocenters. The molecule has 2 rings (SSSR count). The van der Waals surface area contributed by atoms with E-state index in [1.165, 1.54) is 6.07 Å². The molecule has 0 saturated carbocycles. The molecule has 1 aliphatic heterocycles. The molecule has 0 amide bonds. The Morgan fingerprint density at radius 2 is 2.13 bits per heavy atom. The maximum absolute atomic E-state index is 13.5. The molecule has 15 heavy (non-hydrogen) atoms. The van der Waals surface area contributed by atoms with Crippen LogP contribution in [0, 0.1) is 17.6 Å². The van der Waals surface area contributed by atoms with E-state index in [1.807, 2.05) is 0 Å². The topological polar surface area (TPSA) is 12.0 Å². The number of piperidine rings is 1.